The van der Waals surface area contributed by atoms with Crippen LogP contribution in [0.15, 0.2) is 22.7 Å². The minimum absolute atomic E-state index is 0.608. The first-order chi connectivity index (χ1) is 6.77. The molecule has 0 amide bonds. The van der Waals surface area contributed by atoms with Crippen LogP contribution in [-0.4, -0.2) is 13.1 Å². The fourth-order valence-corrected chi connectivity index (χ4v) is 2.70. The predicted octanol–water partition coefficient (Wildman–Crippen LogP) is 3.57. The van der Waals surface area contributed by atoms with E-state index in [0.29, 0.717) is 5.92 Å². The van der Waals surface area contributed by atoms with Gasteiger partial charge in [-0.25, -0.2) is 0 Å². The molecule has 1 aliphatic heterocycles. The highest BCUT2D eigenvalue weighted by Gasteiger charge is 2.17. The van der Waals surface area contributed by atoms with Gasteiger partial charge in [0.05, 0.1) is 0 Å². The van der Waals surface area contributed by atoms with Crippen LogP contribution < -0.4 is 5.32 Å². The number of hydrogen-bond acceptors (Lipinski definition) is 1. The molecule has 1 unspecified atom stereocenters. The maximum Gasteiger partial charge on any atom is 0.0409 e. The van der Waals surface area contributed by atoms with Crippen LogP contribution in [0.1, 0.15) is 24.3 Å². The van der Waals surface area contributed by atoms with Gasteiger partial charge in [0.25, 0.3) is 0 Å². The number of piperidine rings is 1. The van der Waals surface area contributed by atoms with E-state index in [-0.39, 0.29) is 0 Å². The lowest BCUT2D eigenvalue weighted by Gasteiger charge is -2.24. The molecular weight excluding hydrogens is 261 g/mol. The lowest BCUT2D eigenvalue weighted by Crippen LogP contribution is -2.28. The lowest BCUT2D eigenvalue weighted by atomic mass is 9.92. The first kappa shape index (κ1) is 10.5. The molecule has 1 saturated heterocycles. The summed E-state index contributed by atoms with van der Waals surface area (Å²) in [6, 6.07) is 6.03. The molecule has 1 aliphatic rings. The van der Waals surface area contributed by atoms with Crippen molar-refractivity contribution in [3.63, 3.8) is 0 Å². The highest BCUT2D eigenvalue weighted by molar-refractivity contribution is 9.10. The van der Waals surface area contributed by atoms with E-state index < -0.39 is 0 Å². The molecular formula is C11H13BrClN. The Balaban J connectivity index is 2.24. The van der Waals surface area contributed by atoms with Crippen molar-refractivity contribution < 1.29 is 0 Å². The molecule has 76 valence electrons. The Morgan fingerprint density at radius 1 is 1.43 bits per heavy atom. The fraction of sp³-hybridized carbons (Fsp3) is 0.455. The Bertz CT molecular complexity index is 321. The van der Waals surface area contributed by atoms with Crippen LogP contribution in [-0.2, 0) is 0 Å². The van der Waals surface area contributed by atoms with Crippen LogP contribution in [0, 0.1) is 0 Å². The molecule has 1 nitrogen and oxygen atoms in total. The highest BCUT2D eigenvalue weighted by Crippen LogP contribution is 2.31. The van der Waals surface area contributed by atoms with Crippen LogP contribution in [0.3, 0.4) is 0 Å². The third kappa shape index (κ3) is 2.30. The Morgan fingerprint density at radius 3 is 3.00 bits per heavy atom. The van der Waals surface area contributed by atoms with E-state index in [1.165, 1.54) is 22.9 Å². The number of halogens is 2. The van der Waals surface area contributed by atoms with Crippen molar-refractivity contribution in [3.8, 4) is 0 Å². The molecule has 0 saturated carbocycles. The summed E-state index contributed by atoms with van der Waals surface area (Å²) in [6.07, 6.45) is 2.51. The van der Waals surface area contributed by atoms with Gasteiger partial charge in [0.1, 0.15) is 0 Å². The summed E-state index contributed by atoms with van der Waals surface area (Å²) in [7, 11) is 0. The van der Waals surface area contributed by atoms with E-state index in [1.807, 2.05) is 12.1 Å². The maximum absolute atomic E-state index is 5.99. The van der Waals surface area contributed by atoms with Gasteiger partial charge < -0.3 is 5.32 Å². The molecule has 14 heavy (non-hydrogen) atoms. The average molecular weight is 275 g/mol. The number of nitrogens with one attached hydrogen (secondary N) is 1. The van der Waals surface area contributed by atoms with Crippen molar-refractivity contribution in [2.24, 2.45) is 0 Å². The average Bonchev–Trinajstić information content (AvgIpc) is 2.23. The van der Waals surface area contributed by atoms with E-state index in [2.05, 4.69) is 27.3 Å². The summed E-state index contributed by atoms with van der Waals surface area (Å²) < 4.78 is 1.18. The minimum Gasteiger partial charge on any atom is -0.316 e. The molecule has 1 aromatic carbocycles. The first-order valence-electron chi connectivity index (χ1n) is 4.93. The maximum atomic E-state index is 5.99. The van der Waals surface area contributed by atoms with E-state index in [4.69, 9.17) is 11.6 Å². The van der Waals surface area contributed by atoms with E-state index in [0.717, 1.165) is 18.1 Å². The second-order valence-electron chi connectivity index (χ2n) is 3.71. The Morgan fingerprint density at radius 2 is 2.29 bits per heavy atom. The zero-order chi connectivity index (χ0) is 9.97. The summed E-state index contributed by atoms with van der Waals surface area (Å²) in [6.45, 7) is 2.22. The summed E-state index contributed by atoms with van der Waals surface area (Å²) >= 11 is 9.57. The van der Waals surface area contributed by atoms with Gasteiger partial charge in [-0.3, -0.25) is 0 Å². The van der Waals surface area contributed by atoms with Gasteiger partial charge in [-0.2, -0.15) is 0 Å². The molecule has 0 aliphatic carbocycles. The lowest BCUT2D eigenvalue weighted by molar-refractivity contribution is 0.460. The number of rotatable bonds is 1. The van der Waals surface area contributed by atoms with Gasteiger partial charge in [0.2, 0.25) is 0 Å². The van der Waals surface area contributed by atoms with E-state index in [1.54, 1.807) is 0 Å². The standard InChI is InChI=1S/C11H13BrClN/c12-11-4-3-9(13)6-10(11)8-2-1-5-14-7-8/h3-4,6,8,14H,1-2,5,7H2. The van der Waals surface area contributed by atoms with E-state index >= 15 is 0 Å². The topological polar surface area (TPSA) is 12.0 Å². The van der Waals surface area contributed by atoms with Crippen molar-refractivity contribution in [3.05, 3.63) is 33.3 Å². The molecule has 2 rings (SSSR count). The van der Waals surface area contributed by atoms with Gasteiger partial charge in [-0.15, -0.1) is 0 Å². The fourth-order valence-electron chi connectivity index (χ4n) is 1.94. The van der Waals surface area contributed by atoms with Crippen LogP contribution in [0.2, 0.25) is 5.02 Å². The largest absolute Gasteiger partial charge is 0.316 e. The molecule has 0 aromatic heterocycles. The molecule has 0 spiro atoms. The molecule has 1 fully saturated rings. The smallest absolute Gasteiger partial charge is 0.0409 e. The normalized spacial score (nSPS) is 22.3. The summed E-state index contributed by atoms with van der Waals surface area (Å²) in [5.74, 6) is 0.608. The third-order valence-corrected chi connectivity index (χ3v) is 3.65. The Hall–Kier alpha value is -0.0500. The first-order valence-corrected chi connectivity index (χ1v) is 6.10. The van der Waals surface area contributed by atoms with Gasteiger partial charge >= 0.3 is 0 Å². The van der Waals surface area contributed by atoms with Gasteiger partial charge in [0.15, 0.2) is 0 Å². The molecule has 1 heterocycles. The van der Waals surface area contributed by atoms with Crippen molar-refractivity contribution in [1.82, 2.24) is 5.32 Å². The zero-order valence-corrected chi connectivity index (χ0v) is 10.2. The van der Waals surface area contributed by atoms with Crippen LogP contribution in [0.5, 0.6) is 0 Å². The summed E-state index contributed by atoms with van der Waals surface area (Å²) in [5, 5.41) is 4.24. The van der Waals surface area contributed by atoms with Gasteiger partial charge in [-0.05, 0) is 49.1 Å². The van der Waals surface area contributed by atoms with Crippen molar-refractivity contribution >= 4 is 27.5 Å². The molecule has 1 atom stereocenters. The van der Waals surface area contributed by atoms with Crippen molar-refractivity contribution in [2.45, 2.75) is 18.8 Å². The number of benzene rings is 1. The van der Waals surface area contributed by atoms with Crippen LogP contribution >= 0.6 is 27.5 Å². The van der Waals surface area contributed by atoms with Crippen LogP contribution in [0.4, 0.5) is 0 Å². The third-order valence-electron chi connectivity index (χ3n) is 2.69. The van der Waals surface area contributed by atoms with Crippen molar-refractivity contribution in [2.75, 3.05) is 13.1 Å². The Kier molecular flexibility index (Phi) is 3.47. The Labute approximate surface area is 98.0 Å². The molecule has 3 heteroatoms. The molecule has 1 aromatic rings. The molecule has 0 radical (unpaired) electrons. The van der Waals surface area contributed by atoms with Gasteiger partial charge in [0, 0.05) is 16.0 Å². The quantitative estimate of drug-likeness (QED) is 0.825. The van der Waals surface area contributed by atoms with E-state index in [9.17, 15) is 0 Å². The van der Waals surface area contributed by atoms with Gasteiger partial charge in [-0.1, -0.05) is 27.5 Å². The zero-order valence-electron chi connectivity index (χ0n) is 7.89. The molecule has 0 bridgehead atoms. The second-order valence-corrected chi connectivity index (χ2v) is 5.00. The van der Waals surface area contributed by atoms with Crippen LogP contribution in [0.25, 0.3) is 0 Å². The highest BCUT2D eigenvalue weighted by atomic mass is 79.9. The van der Waals surface area contributed by atoms with Crippen molar-refractivity contribution in [1.29, 1.82) is 0 Å². The predicted molar refractivity (Wildman–Crippen MR) is 64.0 cm³/mol. The second kappa shape index (κ2) is 4.65. The SMILES string of the molecule is Clc1ccc(Br)c(C2CCCNC2)c1. The molecule has 1 N–H and O–H groups in total. The number of hydrogen-bond donors (Lipinski definition) is 1. The summed E-state index contributed by atoms with van der Waals surface area (Å²) in [5.41, 5.74) is 1.34. The minimum atomic E-state index is 0.608. The summed E-state index contributed by atoms with van der Waals surface area (Å²) in [4.78, 5) is 0. The monoisotopic (exact) mass is 273 g/mol.